The van der Waals surface area contributed by atoms with Crippen molar-refractivity contribution in [3.05, 3.63) is 12.0 Å². The van der Waals surface area contributed by atoms with E-state index in [-0.39, 0.29) is 5.83 Å². The van der Waals surface area contributed by atoms with Crippen LogP contribution in [0.2, 0.25) is 0 Å². The molecule has 0 fully saturated rings. The molecule has 1 aliphatic heterocycles. The summed E-state index contributed by atoms with van der Waals surface area (Å²) in [7, 11) is 0. The fraction of sp³-hybridized carbons (Fsp3) is 0. The molecule has 0 spiro atoms. The monoisotopic (exact) mass is 71.0 g/mol. The van der Waals surface area contributed by atoms with Crippen LogP contribution in [0, 0.1) is 0 Å². The van der Waals surface area contributed by atoms with Gasteiger partial charge in [0.25, 0.3) is 0 Å². The molecule has 5 heavy (non-hydrogen) atoms. The Morgan fingerprint density at radius 1 is 1.80 bits per heavy atom. The van der Waals surface area contributed by atoms with Crippen molar-refractivity contribution in [3.8, 4) is 0 Å². The molecule has 1 heterocycles. The first-order chi connectivity index (χ1) is 2.39. The van der Waals surface area contributed by atoms with Gasteiger partial charge in [-0.05, 0) is 0 Å². The number of nitrogens with zero attached hydrogens (tertiary/aromatic N) is 1. The summed E-state index contributed by atoms with van der Waals surface area (Å²) in [4.78, 5) is 3.34. The van der Waals surface area contributed by atoms with Crippen LogP contribution < -0.4 is 0 Å². The Morgan fingerprint density at radius 3 is 2.20 bits per heavy atom. The van der Waals surface area contributed by atoms with Gasteiger partial charge in [0.1, 0.15) is 0 Å². The molecule has 0 saturated heterocycles. The Morgan fingerprint density at radius 2 is 2.20 bits per heavy atom. The molecule has 0 unspecified atom stereocenters. The van der Waals surface area contributed by atoms with Crippen molar-refractivity contribution in [1.82, 2.24) is 0 Å². The minimum Gasteiger partial charge on any atom is -0.259 e. The van der Waals surface area contributed by atoms with Crippen LogP contribution in [0.15, 0.2) is 17.0 Å². The highest BCUT2D eigenvalue weighted by Gasteiger charge is 1.90. The summed E-state index contributed by atoms with van der Waals surface area (Å²) < 4.78 is 11.2. The largest absolute Gasteiger partial charge is 0.259 e. The van der Waals surface area contributed by atoms with Gasteiger partial charge >= 0.3 is 0 Å². The number of allylic oxidation sites excluding steroid dienone is 1. The van der Waals surface area contributed by atoms with E-state index in [0.29, 0.717) is 0 Å². The lowest BCUT2D eigenvalue weighted by Gasteiger charge is -1.86. The molecule has 1 aliphatic rings. The number of halogens is 1. The number of hydrogen-bond donors (Lipinski definition) is 0. The molecule has 0 aromatic carbocycles. The van der Waals surface area contributed by atoms with Gasteiger partial charge < -0.3 is 0 Å². The molecular formula is C3H2FN. The minimum absolute atomic E-state index is 0.231. The van der Waals surface area contributed by atoms with E-state index in [9.17, 15) is 4.39 Å². The number of hydrogen-bond acceptors (Lipinski definition) is 1. The molecule has 0 saturated carbocycles. The molecule has 0 atom stereocenters. The topological polar surface area (TPSA) is 12.4 Å². The zero-order valence-electron chi connectivity index (χ0n) is 2.48. The van der Waals surface area contributed by atoms with Crippen molar-refractivity contribution in [2.75, 3.05) is 0 Å². The lowest BCUT2D eigenvalue weighted by Crippen LogP contribution is -1.80. The van der Waals surface area contributed by atoms with Gasteiger partial charge in [0, 0.05) is 0 Å². The average Bonchev–Trinajstić information content (AvgIpc) is 1.30. The molecular weight excluding hydrogens is 69.0 g/mol. The first-order valence-corrected chi connectivity index (χ1v) is 1.28. The molecule has 0 amide bonds. The predicted molar refractivity (Wildman–Crippen MR) is 17.7 cm³/mol. The second-order valence-corrected chi connectivity index (χ2v) is 0.792. The Kier molecular flexibility index (Phi) is 0.330. The van der Waals surface area contributed by atoms with Crippen molar-refractivity contribution in [2.24, 2.45) is 4.99 Å². The average molecular weight is 71.1 g/mol. The SMILES string of the molecule is FC1=CN=C1. The van der Waals surface area contributed by atoms with Gasteiger partial charge in [0.15, 0.2) is 5.83 Å². The molecule has 0 aromatic rings. The van der Waals surface area contributed by atoms with E-state index in [4.69, 9.17) is 0 Å². The van der Waals surface area contributed by atoms with E-state index in [0.717, 1.165) is 0 Å². The zero-order valence-corrected chi connectivity index (χ0v) is 2.48. The lowest BCUT2D eigenvalue weighted by molar-refractivity contribution is 0.674. The van der Waals surface area contributed by atoms with E-state index in [1.165, 1.54) is 12.4 Å². The number of rotatable bonds is 0. The molecule has 0 aromatic heterocycles. The summed E-state index contributed by atoms with van der Waals surface area (Å²) in [5.74, 6) is -0.231. The normalized spacial score (nSPS) is 17.4. The molecule has 0 aliphatic carbocycles. The van der Waals surface area contributed by atoms with Crippen LogP contribution in [-0.4, -0.2) is 6.21 Å². The maximum absolute atomic E-state index is 11.2. The maximum atomic E-state index is 11.2. The van der Waals surface area contributed by atoms with E-state index in [2.05, 4.69) is 4.99 Å². The van der Waals surface area contributed by atoms with Crippen LogP contribution in [0.4, 0.5) is 4.39 Å². The molecule has 1 nitrogen and oxygen atoms in total. The van der Waals surface area contributed by atoms with Gasteiger partial charge in [-0.3, -0.25) is 4.99 Å². The van der Waals surface area contributed by atoms with E-state index in [1.54, 1.807) is 0 Å². The summed E-state index contributed by atoms with van der Waals surface area (Å²) >= 11 is 0. The fourth-order valence-corrected chi connectivity index (χ4v) is 0.131. The summed E-state index contributed by atoms with van der Waals surface area (Å²) in [6.07, 6.45) is 2.33. The molecule has 2 heteroatoms. The number of aliphatic imine (C=N–C) groups is 1. The summed E-state index contributed by atoms with van der Waals surface area (Å²) in [6.45, 7) is 0. The third-order valence-corrected chi connectivity index (χ3v) is 0.396. The summed E-state index contributed by atoms with van der Waals surface area (Å²) in [6, 6.07) is 0. The van der Waals surface area contributed by atoms with Gasteiger partial charge in [-0.15, -0.1) is 0 Å². The third-order valence-electron chi connectivity index (χ3n) is 0.396. The van der Waals surface area contributed by atoms with Crippen molar-refractivity contribution in [1.29, 1.82) is 0 Å². The quantitative estimate of drug-likeness (QED) is 0.402. The van der Waals surface area contributed by atoms with Crippen LogP contribution in [-0.2, 0) is 0 Å². The van der Waals surface area contributed by atoms with Crippen molar-refractivity contribution >= 4 is 6.21 Å². The maximum Gasteiger partial charge on any atom is 0.159 e. The van der Waals surface area contributed by atoms with Gasteiger partial charge in [0.2, 0.25) is 0 Å². The Hall–Kier alpha value is -0.660. The van der Waals surface area contributed by atoms with Crippen LogP contribution in [0.25, 0.3) is 0 Å². The van der Waals surface area contributed by atoms with Gasteiger partial charge in [-0.2, -0.15) is 0 Å². The van der Waals surface area contributed by atoms with E-state index in [1.807, 2.05) is 0 Å². The molecule has 0 N–H and O–H groups in total. The highest BCUT2D eigenvalue weighted by molar-refractivity contribution is 5.81. The first kappa shape index (κ1) is 2.57. The van der Waals surface area contributed by atoms with Crippen LogP contribution in [0.5, 0.6) is 0 Å². The second-order valence-electron chi connectivity index (χ2n) is 0.792. The van der Waals surface area contributed by atoms with E-state index >= 15 is 0 Å². The molecule has 26 valence electrons. The third kappa shape index (κ3) is 0.210. The summed E-state index contributed by atoms with van der Waals surface area (Å²) in [5, 5.41) is 0. The molecule has 1 rings (SSSR count). The fourth-order valence-electron chi connectivity index (χ4n) is 0.131. The van der Waals surface area contributed by atoms with Crippen molar-refractivity contribution < 1.29 is 4.39 Å². The highest BCUT2D eigenvalue weighted by Crippen LogP contribution is 1.99. The Balaban J connectivity index is 2.60. The predicted octanol–water partition coefficient (Wildman–Crippen LogP) is 0.882. The highest BCUT2D eigenvalue weighted by atomic mass is 19.1. The van der Waals surface area contributed by atoms with Gasteiger partial charge in [0.05, 0.1) is 12.4 Å². The standard InChI is InChI=1S/C3H2FN/c4-3-1-5-2-3/h1-2H. The molecule has 0 radical (unpaired) electrons. The van der Waals surface area contributed by atoms with Crippen LogP contribution in [0.1, 0.15) is 0 Å². The zero-order chi connectivity index (χ0) is 3.70. The van der Waals surface area contributed by atoms with Crippen LogP contribution >= 0.6 is 0 Å². The van der Waals surface area contributed by atoms with Crippen molar-refractivity contribution in [3.63, 3.8) is 0 Å². The van der Waals surface area contributed by atoms with Crippen molar-refractivity contribution in [2.45, 2.75) is 0 Å². The molecule has 0 bridgehead atoms. The Bertz CT molecular complexity index is 93.1. The van der Waals surface area contributed by atoms with Gasteiger partial charge in [-0.25, -0.2) is 4.39 Å². The smallest absolute Gasteiger partial charge is 0.159 e. The van der Waals surface area contributed by atoms with Gasteiger partial charge in [-0.1, -0.05) is 0 Å². The lowest BCUT2D eigenvalue weighted by atomic mass is 10.5. The van der Waals surface area contributed by atoms with E-state index < -0.39 is 0 Å². The summed E-state index contributed by atoms with van der Waals surface area (Å²) in [5.41, 5.74) is 0. The first-order valence-electron chi connectivity index (χ1n) is 1.28. The second kappa shape index (κ2) is 0.641. The van der Waals surface area contributed by atoms with Crippen LogP contribution in [0.3, 0.4) is 0 Å². The Labute approximate surface area is 28.8 Å². The minimum atomic E-state index is -0.231.